The van der Waals surface area contributed by atoms with Gasteiger partial charge in [-0.2, -0.15) is 10.2 Å². The van der Waals surface area contributed by atoms with Gasteiger partial charge in [0.2, 0.25) is 0 Å². The van der Waals surface area contributed by atoms with Crippen LogP contribution in [0.4, 0.5) is 17.1 Å². The fourth-order valence-corrected chi connectivity index (χ4v) is 4.17. The molecule has 10 nitrogen and oxygen atoms in total. The fourth-order valence-electron chi connectivity index (χ4n) is 2.81. The molecule has 12 heteroatoms. The van der Waals surface area contributed by atoms with E-state index in [4.69, 9.17) is 11.6 Å². The lowest BCUT2D eigenvalue weighted by molar-refractivity contribution is -0.385. The minimum absolute atomic E-state index is 0.0718. The Hall–Kier alpha value is -3.44. The number of sulfonamides is 1. The lowest BCUT2D eigenvalue weighted by atomic mass is 10.2. The van der Waals surface area contributed by atoms with Gasteiger partial charge >= 0.3 is 0 Å². The highest BCUT2D eigenvalue weighted by atomic mass is 35.5. The quantitative estimate of drug-likeness (QED) is 0.311. The van der Waals surface area contributed by atoms with E-state index >= 15 is 0 Å². The van der Waals surface area contributed by atoms with Crippen LogP contribution in [0, 0.1) is 24.0 Å². The van der Waals surface area contributed by atoms with E-state index in [0.29, 0.717) is 5.02 Å². The third kappa shape index (κ3) is 5.01. The summed E-state index contributed by atoms with van der Waals surface area (Å²) in [6, 6.07) is 9.46. The van der Waals surface area contributed by atoms with Gasteiger partial charge in [-0.15, -0.1) is 0 Å². The highest BCUT2D eigenvalue weighted by Crippen LogP contribution is 2.28. The number of nitrogens with zero attached hydrogens (tertiary/aromatic N) is 4. The molecule has 0 atom stereocenters. The number of benzene rings is 2. The molecule has 0 fully saturated rings. The second-order valence-corrected chi connectivity index (χ2v) is 8.72. The molecule has 162 valence electrons. The molecule has 31 heavy (non-hydrogen) atoms. The molecule has 3 rings (SSSR count). The van der Waals surface area contributed by atoms with Crippen LogP contribution in [0.3, 0.4) is 0 Å². The number of hydrazone groups is 1. The number of halogens is 1. The van der Waals surface area contributed by atoms with Crippen molar-refractivity contribution in [3.63, 3.8) is 0 Å². The van der Waals surface area contributed by atoms with Crippen molar-refractivity contribution < 1.29 is 13.3 Å². The van der Waals surface area contributed by atoms with Crippen LogP contribution >= 0.6 is 11.6 Å². The normalized spacial score (nSPS) is 11.6. The maximum Gasteiger partial charge on any atom is 0.270 e. The highest BCUT2D eigenvalue weighted by molar-refractivity contribution is 7.92. The summed E-state index contributed by atoms with van der Waals surface area (Å²) < 4.78 is 30.0. The molecule has 1 heterocycles. The first-order valence-electron chi connectivity index (χ1n) is 8.94. The monoisotopic (exact) mass is 462 g/mol. The van der Waals surface area contributed by atoms with E-state index in [-0.39, 0.29) is 22.0 Å². The fraction of sp³-hybridized carbons (Fsp3) is 0.158. The Bertz CT molecular complexity index is 1270. The molecular weight excluding hydrogens is 444 g/mol. The Labute approximate surface area is 183 Å². The maximum atomic E-state index is 13.0. The lowest BCUT2D eigenvalue weighted by Gasteiger charge is -2.12. The van der Waals surface area contributed by atoms with Gasteiger partial charge in [-0.05, 0) is 44.2 Å². The van der Waals surface area contributed by atoms with Crippen molar-refractivity contribution in [1.29, 1.82) is 0 Å². The predicted octanol–water partition coefficient (Wildman–Crippen LogP) is 3.85. The van der Waals surface area contributed by atoms with Crippen LogP contribution < -0.4 is 10.1 Å². The van der Waals surface area contributed by atoms with Crippen molar-refractivity contribution in [2.45, 2.75) is 18.7 Å². The molecule has 2 N–H and O–H groups in total. The van der Waals surface area contributed by atoms with Crippen LogP contribution in [0.1, 0.15) is 17.0 Å². The molecule has 0 aliphatic heterocycles. The minimum Gasteiger partial charge on any atom is -0.280 e. The summed E-state index contributed by atoms with van der Waals surface area (Å²) in [5, 5.41) is 20.0. The molecule has 0 aliphatic carbocycles. The lowest BCUT2D eigenvalue weighted by Crippen LogP contribution is -2.15. The molecule has 3 aromatic rings. The second-order valence-electron chi connectivity index (χ2n) is 6.63. The number of non-ortho nitro benzene ring substituents is 1. The van der Waals surface area contributed by atoms with Crippen LogP contribution in [0.25, 0.3) is 0 Å². The SMILES string of the molecule is Cc1nn(C)c(C)c1/C=N/Nc1ccc([N+](=O)[O-])cc1S(=O)(=O)Nc1ccc(Cl)cc1. The molecule has 0 unspecified atom stereocenters. The first-order valence-corrected chi connectivity index (χ1v) is 10.8. The number of aromatic nitrogens is 2. The summed E-state index contributed by atoms with van der Waals surface area (Å²) in [6.45, 7) is 3.70. The van der Waals surface area contributed by atoms with Crippen molar-refractivity contribution in [2.24, 2.45) is 12.1 Å². The van der Waals surface area contributed by atoms with Crippen LogP contribution in [-0.4, -0.2) is 29.3 Å². The Kier molecular flexibility index (Phi) is 6.27. The number of hydrogen-bond acceptors (Lipinski definition) is 7. The number of nitro benzene ring substituents is 1. The standard InChI is InChI=1S/C19H19ClN6O4S/c1-12-17(13(2)25(3)23-12)11-21-22-18-9-8-16(26(27)28)10-19(18)31(29,30)24-15-6-4-14(20)5-7-15/h4-11,22,24H,1-3H3/b21-11+. The molecule has 0 aliphatic rings. The summed E-state index contributed by atoms with van der Waals surface area (Å²) in [4.78, 5) is 10.2. The molecule has 0 spiro atoms. The Morgan fingerprint density at radius 2 is 1.87 bits per heavy atom. The average molecular weight is 463 g/mol. The van der Waals surface area contributed by atoms with Crippen LogP contribution in [0.2, 0.25) is 5.02 Å². The van der Waals surface area contributed by atoms with Gasteiger partial charge in [-0.25, -0.2) is 8.42 Å². The van der Waals surface area contributed by atoms with Gasteiger partial charge in [0.1, 0.15) is 4.90 Å². The smallest absolute Gasteiger partial charge is 0.270 e. The number of hydrogen-bond donors (Lipinski definition) is 2. The van der Waals surface area contributed by atoms with Crippen LogP contribution in [-0.2, 0) is 17.1 Å². The van der Waals surface area contributed by atoms with E-state index < -0.39 is 14.9 Å². The van der Waals surface area contributed by atoms with Gasteiger partial charge in [0.05, 0.1) is 22.5 Å². The summed E-state index contributed by atoms with van der Waals surface area (Å²) in [5.74, 6) is 0. The van der Waals surface area contributed by atoms with Gasteiger partial charge in [0, 0.05) is 41.1 Å². The summed E-state index contributed by atoms with van der Waals surface area (Å²) in [5.41, 5.74) is 5.03. The zero-order valence-electron chi connectivity index (χ0n) is 16.8. The number of nitro groups is 1. The van der Waals surface area contributed by atoms with Gasteiger partial charge in [0.15, 0.2) is 0 Å². The third-order valence-electron chi connectivity index (χ3n) is 4.51. The van der Waals surface area contributed by atoms with Crippen LogP contribution in [0.15, 0.2) is 52.5 Å². The Balaban J connectivity index is 1.96. The van der Waals surface area contributed by atoms with E-state index in [2.05, 4.69) is 20.3 Å². The van der Waals surface area contributed by atoms with Gasteiger partial charge < -0.3 is 0 Å². The zero-order chi connectivity index (χ0) is 22.8. The van der Waals surface area contributed by atoms with Gasteiger partial charge in [0.25, 0.3) is 15.7 Å². The topological polar surface area (TPSA) is 132 Å². The minimum atomic E-state index is -4.17. The van der Waals surface area contributed by atoms with E-state index in [1.807, 2.05) is 13.8 Å². The number of aryl methyl sites for hydroxylation is 2. The summed E-state index contributed by atoms with van der Waals surface area (Å²) in [7, 11) is -2.37. The highest BCUT2D eigenvalue weighted by Gasteiger charge is 2.23. The molecule has 0 saturated carbocycles. The first-order chi connectivity index (χ1) is 14.6. The molecule has 0 amide bonds. The van der Waals surface area contributed by atoms with Gasteiger partial charge in [-0.1, -0.05) is 11.6 Å². The van der Waals surface area contributed by atoms with Crippen molar-refractivity contribution in [3.8, 4) is 0 Å². The van der Waals surface area contributed by atoms with Crippen molar-refractivity contribution in [3.05, 3.63) is 74.6 Å². The number of nitrogens with one attached hydrogen (secondary N) is 2. The molecule has 0 bridgehead atoms. The molecule has 0 radical (unpaired) electrons. The first kappa shape index (κ1) is 22.2. The maximum absolute atomic E-state index is 13.0. The third-order valence-corrected chi connectivity index (χ3v) is 6.18. The zero-order valence-corrected chi connectivity index (χ0v) is 18.4. The molecule has 0 saturated heterocycles. The molecule has 2 aromatic carbocycles. The van der Waals surface area contributed by atoms with Gasteiger partial charge in [-0.3, -0.25) is 24.9 Å². The average Bonchev–Trinajstić information content (AvgIpc) is 2.95. The number of rotatable bonds is 7. The van der Waals surface area contributed by atoms with E-state index in [0.717, 1.165) is 23.0 Å². The van der Waals surface area contributed by atoms with E-state index in [1.165, 1.54) is 42.6 Å². The van der Waals surface area contributed by atoms with Crippen molar-refractivity contribution >= 4 is 44.9 Å². The number of anilines is 2. The predicted molar refractivity (Wildman–Crippen MR) is 119 cm³/mol. The Morgan fingerprint density at radius 1 is 1.19 bits per heavy atom. The second kappa shape index (κ2) is 8.74. The molecule has 1 aromatic heterocycles. The Morgan fingerprint density at radius 3 is 2.45 bits per heavy atom. The molecular formula is C19H19ClN6O4S. The van der Waals surface area contributed by atoms with Crippen LogP contribution in [0.5, 0.6) is 0 Å². The largest absolute Gasteiger partial charge is 0.280 e. The van der Waals surface area contributed by atoms with E-state index in [1.54, 1.807) is 11.7 Å². The summed E-state index contributed by atoms with van der Waals surface area (Å²) in [6.07, 6.45) is 1.52. The van der Waals surface area contributed by atoms with Crippen molar-refractivity contribution in [2.75, 3.05) is 10.1 Å². The summed E-state index contributed by atoms with van der Waals surface area (Å²) >= 11 is 5.83. The van der Waals surface area contributed by atoms with E-state index in [9.17, 15) is 18.5 Å². The van der Waals surface area contributed by atoms with Crippen molar-refractivity contribution in [1.82, 2.24) is 9.78 Å².